The van der Waals surface area contributed by atoms with E-state index in [1.54, 1.807) is 6.20 Å². The molecule has 0 radical (unpaired) electrons. The predicted octanol–water partition coefficient (Wildman–Crippen LogP) is 5.37. The maximum absolute atomic E-state index is 12.9. The number of hydrogen-bond acceptors (Lipinski definition) is 6. The molecule has 3 aliphatic carbocycles. The van der Waals surface area contributed by atoms with Crippen LogP contribution in [0.5, 0.6) is 0 Å². The summed E-state index contributed by atoms with van der Waals surface area (Å²) in [5.74, 6) is 1.02. The smallest absolute Gasteiger partial charge is 0.315 e. The molecule has 8 nitrogen and oxygen atoms in total. The molecule has 2 amide bonds. The summed E-state index contributed by atoms with van der Waals surface area (Å²) >= 11 is 0. The molecule has 3 aromatic rings. The Kier molecular flexibility index (Phi) is 5.66. The van der Waals surface area contributed by atoms with Gasteiger partial charge in [0.15, 0.2) is 5.82 Å². The van der Waals surface area contributed by atoms with Crippen molar-refractivity contribution in [3.63, 3.8) is 0 Å². The minimum absolute atomic E-state index is 0.00231. The largest absolute Gasteiger partial charge is 0.341 e. The van der Waals surface area contributed by atoms with Gasteiger partial charge < -0.3 is 15.2 Å². The summed E-state index contributed by atoms with van der Waals surface area (Å²) in [5, 5.41) is 10.1. The first-order valence-corrected chi connectivity index (χ1v) is 13.3. The van der Waals surface area contributed by atoms with E-state index in [-0.39, 0.29) is 35.1 Å². The molecular formula is C29H33N5O3. The van der Waals surface area contributed by atoms with Crippen molar-refractivity contribution in [2.75, 3.05) is 5.32 Å². The molecule has 0 saturated heterocycles. The quantitative estimate of drug-likeness (QED) is 0.457. The van der Waals surface area contributed by atoms with E-state index >= 15 is 0 Å². The van der Waals surface area contributed by atoms with Crippen LogP contribution < -0.4 is 10.6 Å². The van der Waals surface area contributed by atoms with Crippen molar-refractivity contribution < 1.29 is 14.1 Å². The number of nitrogens with zero attached hydrogens (tertiary/aromatic N) is 3. The second-order valence-corrected chi connectivity index (χ2v) is 11.9. The molecule has 1 spiro atoms. The molecule has 0 aliphatic heterocycles. The first kappa shape index (κ1) is 23.8. The highest BCUT2D eigenvalue weighted by Crippen LogP contribution is 2.70. The van der Waals surface area contributed by atoms with Crippen molar-refractivity contribution in [2.24, 2.45) is 11.3 Å². The number of anilines is 1. The molecule has 2 heterocycles. The van der Waals surface area contributed by atoms with Crippen LogP contribution in [0.15, 0.2) is 41.1 Å². The van der Waals surface area contributed by atoms with E-state index in [0.717, 1.165) is 48.8 Å². The molecule has 37 heavy (non-hydrogen) atoms. The molecular weight excluding hydrogens is 466 g/mol. The summed E-state index contributed by atoms with van der Waals surface area (Å²) in [7, 11) is 0. The van der Waals surface area contributed by atoms with E-state index in [1.165, 1.54) is 18.4 Å². The molecule has 2 aromatic heterocycles. The average molecular weight is 500 g/mol. The zero-order valence-electron chi connectivity index (χ0n) is 21.6. The van der Waals surface area contributed by atoms with Gasteiger partial charge in [-0.15, -0.1) is 0 Å². The molecule has 0 bridgehead atoms. The number of benzene rings is 1. The zero-order valence-corrected chi connectivity index (χ0v) is 21.6. The lowest BCUT2D eigenvalue weighted by molar-refractivity contribution is -0.117. The van der Waals surface area contributed by atoms with Crippen molar-refractivity contribution in [3.05, 3.63) is 59.4 Å². The number of carbonyl (C=O) groups excluding carboxylic acids is 2. The minimum atomic E-state index is -0.344. The van der Waals surface area contributed by atoms with Crippen molar-refractivity contribution in [3.8, 4) is 11.1 Å². The van der Waals surface area contributed by atoms with Gasteiger partial charge in [0.1, 0.15) is 5.82 Å². The fourth-order valence-electron chi connectivity index (χ4n) is 5.47. The van der Waals surface area contributed by atoms with Crippen LogP contribution in [0.25, 0.3) is 11.1 Å². The minimum Gasteiger partial charge on any atom is -0.341 e. The van der Waals surface area contributed by atoms with Crippen LogP contribution in [0.2, 0.25) is 0 Å². The van der Waals surface area contributed by atoms with E-state index < -0.39 is 0 Å². The Morgan fingerprint density at radius 3 is 2.62 bits per heavy atom. The number of hydrogen-bond donors (Lipinski definition) is 2. The summed E-state index contributed by atoms with van der Waals surface area (Å²) < 4.78 is 5.25. The molecule has 1 aromatic carbocycles. The van der Waals surface area contributed by atoms with Crippen LogP contribution in [0.1, 0.15) is 93.0 Å². The van der Waals surface area contributed by atoms with Gasteiger partial charge in [-0.3, -0.25) is 9.59 Å². The summed E-state index contributed by atoms with van der Waals surface area (Å²) in [4.78, 5) is 34.2. The topological polar surface area (TPSA) is 110 Å². The highest BCUT2D eigenvalue weighted by Gasteiger charge is 2.65. The van der Waals surface area contributed by atoms with Gasteiger partial charge in [-0.05, 0) is 78.3 Å². The van der Waals surface area contributed by atoms with E-state index in [4.69, 9.17) is 4.52 Å². The molecule has 2 fully saturated rings. The zero-order chi connectivity index (χ0) is 25.8. The van der Waals surface area contributed by atoms with Crippen LogP contribution in [0, 0.1) is 11.3 Å². The third-order valence-corrected chi connectivity index (χ3v) is 8.05. The summed E-state index contributed by atoms with van der Waals surface area (Å²) in [5.41, 5.74) is 4.45. The molecule has 3 aliphatic rings. The maximum atomic E-state index is 12.9. The summed E-state index contributed by atoms with van der Waals surface area (Å²) in [6.45, 7) is 5.94. The Morgan fingerprint density at radius 2 is 1.89 bits per heavy atom. The highest BCUT2D eigenvalue weighted by molar-refractivity contribution is 5.95. The Labute approximate surface area is 216 Å². The van der Waals surface area contributed by atoms with Crippen LogP contribution in [-0.2, 0) is 16.6 Å². The van der Waals surface area contributed by atoms with Crippen LogP contribution >= 0.6 is 0 Å². The second-order valence-electron chi connectivity index (χ2n) is 11.9. The van der Waals surface area contributed by atoms with Crippen LogP contribution in [0.3, 0.4) is 0 Å². The van der Waals surface area contributed by atoms with Crippen molar-refractivity contribution in [1.82, 2.24) is 20.4 Å². The highest BCUT2D eigenvalue weighted by atomic mass is 16.5. The first-order chi connectivity index (χ1) is 17.7. The van der Waals surface area contributed by atoms with Crippen molar-refractivity contribution in [1.29, 1.82) is 0 Å². The number of aryl methyl sites for hydroxylation is 1. The molecule has 2 saturated carbocycles. The third-order valence-electron chi connectivity index (χ3n) is 8.05. The van der Waals surface area contributed by atoms with Gasteiger partial charge in [-0.2, -0.15) is 4.98 Å². The fourth-order valence-corrected chi connectivity index (χ4v) is 5.47. The van der Waals surface area contributed by atoms with Gasteiger partial charge in [-0.1, -0.05) is 50.5 Å². The Bertz CT molecular complexity index is 1370. The number of aromatic nitrogens is 3. The van der Waals surface area contributed by atoms with E-state index in [9.17, 15) is 9.59 Å². The Balaban J connectivity index is 1.19. The number of amides is 2. The van der Waals surface area contributed by atoms with Crippen molar-refractivity contribution >= 4 is 17.6 Å². The lowest BCUT2D eigenvalue weighted by Crippen LogP contribution is -2.29. The van der Waals surface area contributed by atoms with E-state index in [1.807, 2.05) is 32.9 Å². The Morgan fingerprint density at radius 1 is 1.08 bits per heavy atom. The summed E-state index contributed by atoms with van der Waals surface area (Å²) in [6.07, 6.45) is 9.00. The number of pyridine rings is 1. The standard InChI is InChI=1S/C29H33N5O3/c1-28(2,3)27-33-26(37-34-27)25(36)31-22-7-5-4-6-19-14-17(8-9-20(19)22)18-10-13-30-23(15-18)32-24(35)21-16-29(21)11-12-29/h8-10,13-15,21-22H,4-7,11-12,16H2,1-3H3,(H,31,36)(H,30,32,35)/t21-,22-/m0/s1. The summed E-state index contributed by atoms with van der Waals surface area (Å²) in [6, 6.07) is 10.2. The number of carbonyl (C=O) groups is 2. The first-order valence-electron chi connectivity index (χ1n) is 13.3. The normalized spacial score (nSPS) is 21.6. The van der Waals surface area contributed by atoms with Crippen LogP contribution in [0.4, 0.5) is 5.82 Å². The lowest BCUT2D eigenvalue weighted by atomic mass is 9.94. The third kappa shape index (κ3) is 4.77. The molecule has 192 valence electrons. The van der Waals surface area contributed by atoms with Crippen molar-refractivity contribution in [2.45, 2.75) is 77.2 Å². The maximum Gasteiger partial charge on any atom is 0.315 e. The number of fused-ring (bicyclic) bond motifs is 1. The second kappa shape index (κ2) is 8.78. The number of nitrogens with one attached hydrogen (secondary N) is 2. The lowest BCUT2D eigenvalue weighted by Gasteiger charge is -2.19. The Hall–Kier alpha value is -3.55. The number of rotatable bonds is 5. The van der Waals surface area contributed by atoms with Gasteiger partial charge in [-0.25, -0.2) is 4.98 Å². The fraction of sp³-hybridized carbons (Fsp3) is 0.483. The average Bonchev–Trinajstić information content (AvgIpc) is 3.76. The SMILES string of the molecule is CC(C)(C)c1noc(C(=O)N[C@H]2CCCCc3cc(-c4ccnc(NC(=O)[C@@H]5CC56CC6)c4)ccc32)n1. The van der Waals surface area contributed by atoms with Crippen LogP contribution in [-0.4, -0.2) is 26.9 Å². The molecule has 8 heteroatoms. The van der Waals surface area contributed by atoms with Gasteiger partial charge in [0.2, 0.25) is 5.91 Å². The molecule has 2 N–H and O–H groups in total. The predicted molar refractivity (Wildman–Crippen MR) is 139 cm³/mol. The van der Waals surface area contributed by atoms with E-state index in [2.05, 4.69) is 44.0 Å². The monoisotopic (exact) mass is 499 g/mol. The molecule has 6 rings (SSSR count). The van der Waals surface area contributed by atoms with Gasteiger partial charge in [0.25, 0.3) is 0 Å². The van der Waals surface area contributed by atoms with E-state index in [0.29, 0.717) is 17.1 Å². The molecule has 2 atom stereocenters. The van der Waals surface area contributed by atoms with Gasteiger partial charge in [0, 0.05) is 17.5 Å². The molecule has 0 unspecified atom stereocenters. The van der Waals surface area contributed by atoms with Gasteiger partial charge in [0.05, 0.1) is 6.04 Å². The van der Waals surface area contributed by atoms with Gasteiger partial charge >= 0.3 is 11.8 Å².